The lowest BCUT2D eigenvalue weighted by Crippen LogP contribution is -2.19. The van der Waals surface area contributed by atoms with E-state index in [1.165, 1.54) is 0 Å². The molecule has 5 heteroatoms. The van der Waals surface area contributed by atoms with Gasteiger partial charge in [0.2, 0.25) is 0 Å². The second kappa shape index (κ2) is 5.65. The largest absolute Gasteiger partial charge is 0.319 e. The highest BCUT2D eigenvalue weighted by Gasteiger charge is 2.22. The average molecular weight is 343 g/mol. The van der Waals surface area contributed by atoms with Gasteiger partial charge in [-0.1, -0.05) is 29.8 Å². The first-order valence-electron chi connectivity index (χ1n) is 6.17. The standard InChI is InChI=1S/C14H17BrClN3/c1-8(2)19-14(11(15)7-18-19)13(17)10-6-4-5-9(3)12(10)16/h4-8,13H,17H2,1-3H3. The first kappa shape index (κ1) is 14.6. The zero-order valence-electron chi connectivity index (χ0n) is 11.2. The molecule has 0 spiro atoms. The van der Waals surface area contributed by atoms with E-state index in [1.807, 2.05) is 29.8 Å². The molecule has 1 atom stereocenters. The summed E-state index contributed by atoms with van der Waals surface area (Å²) in [5.41, 5.74) is 9.29. The van der Waals surface area contributed by atoms with E-state index in [2.05, 4.69) is 34.9 Å². The Morgan fingerprint density at radius 3 is 2.68 bits per heavy atom. The molecule has 2 N–H and O–H groups in total. The van der Waals surface area contributed by atoms with Crippen molar-refractivity contribution in [2.75, 3.05) is 0 Å². The molecule has 2 rings (SSSR count). The van der Waals surface area contributed by atoms with E-state index < -0.39 is 0 Å². The molecule has 0 aliphatic rings. The van der Waals surface area contributed by atoms with Crippen molar-refractivity contribution in [1.29, 1.82) is 0 Å². The number of nitrogens with zero attached hydrogens (tertiary/aromatic N) is 2. The Balaban J connectivity index is 2.53. The normalized spacial score (nSPS) is 13.0. The molecule has 1 unspecified atom stereocenters. The van der Waals surface area contributed by atoms with Crippen molar-refractivity contribution in [3.8, 4) is 0 Å². The van der Waals surface area contributed by atoms with Gasteiger partial charge in [0.15, 0.2) is 0 Å². The van der Waals surface area contributed by atoms with E-state index in [0.717, 1.165) is 26.3 Å². The van der Waals surface area contributed by atoms with E-state index in [1.54, 1.807) is 6.20 Å². The first-order valence-corrected chi connectivity index (χ1v) is 7.34. The van der Waals surface area contributed by atoms with Gasteiger partial charge in [-0.3, -0.25) is 4.68 Å². The monoisotopic (exact) mass is 341 g/mol. The molecular weight excluding hydrogens is 326 g/mol. The van der Waals surface area contributed by atoms with Crippen molar-refractivity contribution in [1.82, 2.24) is 9.78 Å². The molecule has 19 heavy (non-hydrogen) atoms. The van der Waals surface area contributed by atoms with Crippen LogP contribution in [0.3, 0.4) is 0 Å². The minimum absolute atomic E-state index is 0.246. The van der Waals surface area contributed by atoms with Crippen molar-refractivity contribution >= 4 is 27.5 Å². The molecule has 0 saturated heterocycles. The Bertz CT molecular complexity index is 592. The smallest absolute Gasteiger partial charge is 0.0749 e. The van der Waals surface area contributed by atoms with Crippen molar-refractivity contribution in [3.63, 3.8) is 0 Å². The fourth-order valence-electron chi connectivity index (χ4n) is 2.11. The number of benzene rings is 1. The molecule has 3 nitrogen and oxygen atoms in total. The topological polar surface area (TPSA) is 43.8 Å². The number of aromatic nitrogens is 2. The zero-order chi connectivity index (χ0) is 14.2. The Hall–Kier alpha value is -0.840. The van der Waals surface area contributed by atoms with E-state index in [4.69, 9.17) is 17.3 Å². The first-order chi connectivity index (χ1) is 8.93. The van der Waals surface area contributed by atoms with Gasteiger partial charge in [0.25, 0.3) is 0 Å². The number of rotatable bonds is 3. The Labute approximate surface area is 126 Å². The number of nitrogens with two attached hydrogens (primary N) is 1. The van der Waals surface area contributed by atoms with E-state index in [9.17, 15) is 0 Å². The lowest BCUT2D eigenvalue weighted by Gasteiger charge is -2.19. The van der Waals surface area contributed by atoms with Crippen molar-refractivity contribution in [2.45, 2.75) is 32.9 Å². The summed E-state index contributed by atoms with van der Waals surface area (Å²) in [5, 5.41) is 5.08. The third-order valence-corrected chi connectivity index (χ3v) is 4.25. The second-order valence-corrected chi connectivity index (χ2v) is 6.10. The van der Waals surface area contributed by atoms with Crippen molar-refractivity contribution in [2.24, 2.45) is 5.73 Å². The van der Waals surface area contributed by atoms with Crippen LogP contribution in [0.2, 0.25) is 5.02 Å². The van der Waals surface area contributed by atoms with Gasteiger partial charge in [0, 0.05) is 11.1 Å². The summed E-state index contributed by atoms with van der Waals surface area (Å²) in [7, 11) is 0. The molecule has 1 heterocycles. The van der Waals surface area contributed by atoms with Gasteiger partial charge in [0.05, 0.1) is 22.4 Å². The molecule has 0 aliphatic carbocycles. The minimum Gasteiger partial charge on any atom is -0.319 e. The van der Waals surface area contributed by atoms with Crippen LogP contribution in [0.25, 0.3) is 0 Å². The molecule has 0 bridgehead atoms. The van der Waals surface area contributed by atoms with Gasteiger partial charge in [-0.15, -0.1) is 0 Å². The van der Waals surface area contributed by atoms with Crippen LogP contribution in [0.15, 0.2) is 28.9 Å². The van der Waals surface area contributed by atoms with E-state index >= 15 is 0 Å². The van der Waals surface area contributed by atoms with Crippen LogP contribution in [0.1, 0.15) is 42.8 Å². The SMILES string of the molecule is Cc1cccc(C(N)c2c(Br)cnn2C(C)C)c1Cl. The summed E-state index contributed by atoms with van der Waals surface area (Å²) in [5.74, 6) is 0. The Kier molecular flexibility index (Phi) is 4.33. The van der Waals surface area contributed by atoms with Crippen LogP contribution in [-0.2, 0) is 0 Å². The highest BCUT2D eigenvalue weighted by Crippen LogP contribution is 2.33. The number of halogens is 2. The maximum atomic E-state index is 6.39. The lowest BCUT2D eigenvalue weighted by atomic mass is 10.0. The maximum absolute atomic E-state index is 6.39. The summed E-state index contributed by atoms with van der Waals surface area (Å²) in [6.07, 6.45) is 1.78. The third-order valence-electron chi connectivity index (χ3n) is 3.13. The molecule has 1 aromatic carbocycles. The van der Waals surface area contributed by atoms with E-state index in [-0.39, 0.29) is 12.1 Å². The lowest BCUT2D eigenvalue weighted by molar-refractivity contribution is 0.498. The molecule has 0 saturated carbocycles. The van der Waals surface area contributed by atoms with Gasteiger partial charge < -0.3 is 5.73 Å². The van der Waals surface area contributed by atoms with Gasteiger partial charge in [-0.25, -0.2) is 0 Å². The summed E-state index contributed by atoms with van der Waals surface area (Å²) in [6.45, 7) is 6.13. The quantitative estimate of drug-likeness (QED) is 0.907. The van der Waals surface area contributed by atoms with Gasteiger partial charge >= 0.3 is 0 Å². The summed E-state index contributed by atoms with van der Waals surface area (Å²) in [4.78, 5) is 0. The fourth-order valence-corrected chi connectivity index (χ4v) is 2.87. The predicted octanol–water partition coefficient (Wildman–Crippen LogP) is 4.24. The van der Waals surface area contributed by atoms with Gasteiger partial charge in [0.1, 0.15) is 0 Å². The van der Waals surface area contributed by atoms with Crippen LogP contribution in [0.5, 0.6) is 0 Å². The molecular formula is C14H17BrClN3. The highest BCUT2D eigenvalue weighted by atomic mass is 79.9. The molecule has 102 valence electrons. The Morgan fingerprint density at radius 2 is 2.05 bits per heavy atom. The molecule has 0 radical (unpaired) electrons. The molecule has 1 aromatic heterocycles. The van der Waals surface area contributed by atoms with Crippen LogP contribution < -0.4 is 5.73 Å². The number of hydrogen-bond acceptors (Lipinski definition) is 2. The van der Waals surface area contributed by atoms with Gasteiger partial charge in [-0.05, 0) is 47.8 Å². The van der Waals surface area contributed by atoms with Crippen LogP contribution in [-0.4, -0.2) is 9.78 Å². The number of hydrogen-bond donors (Lipinski definition) is 1. The second-order valence-electron chi connectivity index (χ2n) is 4.87. The van der Waals surface area contributed by atoms with Crippen LogP contribution in [0.4, 0.5) is 0 Å². The zero-order valence-corrected chi connectivity index (χ0v) is 13.5. The van der Waals surface area contributed by atoms with Crippen molar-refractivity contribution < 1.29 is 0 Å². The van der Waals surface area contributed by atoms with Gasteiger partial charge in [-0.2, -0.15) is 5.10 Å². The molecule has 0 amide bonds. The minimum atomic E-state index is -0.299. The maximum Gasteiger partial charge on any atom is 0.0749 e. The fraction of sp³-hybridized carbons (Fsp3) is 0.357. The highest BCUT2D eigenvalue weighted by molar-refractivity contribution is 9.10. The predicted molar refractivity (Wildman–Crippen MR) is 82.5 cm³/mol. The van der Waals surface area contributed by atoms with Crippen LogP contribution in [0, 0.1) is 6.92 Å². The molecule has 0 aliphatic heterocycles. The summed E-state index contributed by atoms with van der Waals surface area (Å²) in [6, 6.07) is 5.86. The van der Waals surface area contributed by atoms with E-state index in [0.29, 0.717) is 0 Å². The molecule has 0 fully saturated rings. The Morgan fingerprint density at radius 1 is 1.37 bits per heavy atom. The molecule has 2 aromatic rings. The van der Waals surface area contributed by atoms with Crippen molar-refractivity contribution in [3.05, 3.63) is 50.7 Å². The average Bonchev–Trinajstić information content (AvgIpc) is 2.74. The number of aryl methyl sites for hydroxylation is 1. The summed E-state index contributed by atoms with van der Waals surface area (Å²) >= 11 is 9.88. The summed E-state index contributed by atoms with van der Waals surface area (Å²) < 4.78 is 2.83. The third kappa shape index (κ3) is 2.71. The van der Waals surface area contributed by atoms with Crippen LogP contribution >= 0.6 is 27.5 Å².